The predicted molar refractivity (Wildman–Crippen MR) is 173 cm³/mol. The van der Waals surface area contributed by atoms with E-state index in [-0.39, 0.29) is 37.8 Å². The van der Waals surface area contributed by atoms with Crippen LogP contribution < -0.4 is 37.8 Å². The molecule has 248 valence electrons. The first kappa shape index (κ1) is 34.2. The van der Waals surface area contributed by atoms with E-state index in [2.05, 4.69) is 20.9 Å². The van der Waals surface area contributed by atoms with Gasteiger partial charge >= 0.3 is 5.63 Å². The Bertz CT molecular complexity index is 1830. The first-order valence-electron chi connectivity index (χ1n) is 15.2. The van der Waals surface area contributed by atoms with Crippen LogP contribution in [-0.2, 0) is 25.6 Å². The van der Waals surface area contributed by atoms with Gasteiger partial charge in [0.05, 0.1) is 7.11 Å². The minimum absolute atomic E-state index is 0.0617. The normalized spacial score (nSPS) is 12.3. The molecule has 2 atom stereocenters. The summed E-state index contributed by atoms with van der Waals surface area (Å²) in [6, 6.07) is 11.7. The van der Waals surface area contributed by atoms with Crippen molar-refractivity contribution in [3.63, 3.8) is 0 Å². The summed E-state index contributed by atoms with van der Waals surface area (Å²) in [5, 5.41) is 9.37. The number of primary amides is 2. The zero-order valence-corrected chi connectivity index (χ0v) is 25.9. The van der Waals surface area contributed by atoms with Crippen LogP contribution in [0, 0.1) is 0 Å². The average Bonchev–Trinajstić information content (AvgIpc) is 3.45. The van der Waals surface area contributed by atoms with E-state index in [9.17, 15) is 28.8 Å². The zero-order chi connectivity index (χ0) is 33.9. The molecule has 5 amide bonds. The van der Waals surface area contributed by atoms with Gasteiger partial charge in [0.2, 0.25) is 23.6 Å². The lowest BCUT2D eigenvalue weighted by Crippen LogP contribution is -2.53. The number of aromatic nitrogens is 1. The Labute approximate surface area is 269 Å². The van der Waals surface area contributed by atoms with Gasteiger partial charge < -0.3 is 41.6 Å². The van der Waals surface area contributed by atoms with E-state index < -0.39 is 47.2 Å². The topological polar surface area (TPSA) is 229 Å². The minimum Gasteiger partial charge on any atom is -0.497 e. The molecule has 0 radical (unpaired) electrons. The van der Waals surface area contributed by atoms with Gasteiger partial charge in [0, 0.05) is 54.4 Å². The fraction of sp³-hybridized carbons (Fsp3) is 0.333. The largest absolute Gasteiger partial charge is 0.497 e. The summed E-state index contributed by atoms with van der Waals surface area (Å²) in [4.78, 5) is 77.5. The first-order chi connectivity index (χ1) is 22.5. The van der Waals surface area contributed by atoms with Gasteiger partial charge in [-0.25, -0.2) is 4.79 Å². The molecule has 4 rings (SSSR count). The number of methoxy groups -OCH3 is 1. The van der Waals surface area contributed by atoms with E-state index in [1.54, 1.807) is 24.4 Å². The lowest BCUT2D eigenvalue weighted by Gasteiger charge is -2.22. The predicted octanol–water partition coefficient (Wildman–Crippen LogP) is 1.54. The van der Waals surface area contributed by atoms with Crippen LogP contribution in [0.2, 0.25) is 0 Å². The molecule has 2 heterocycles. The van der Waals surface area contributed by atoms with Crippen LogP contribution in [-0.4, -0.2) is 60.3 Å². The Kier molecular flexibility index (Phi) is 11.7. The number of nitrogens with one attached hydrogen (secondary N) is 4. The number of H-pyrrole nitrogens is 1. The van der Waals surface area contributed by atoms with Crippen molar-refractivity contribution in [1.82, 2.24) is 20.9 Å². The van der Waals surface area contributed by atoms with Gasteiger partial charge in [-0.2, -0.15) is 0 Å². The van der Waals surface area contributed by atoms with Gasteiger partial charge in [-0.1, -0.05) is 24.6 Å². The van der Waals surface area contributed by atoms with Crippen molar-refractivity contribution in [2.75, 3.05) is 13.7 Å². The number of ether oxygens (including phenoxy) is 1. The second-order valence-corrected chi connectivity index (χ2v) is 11.1. The molecule has 0 saturated heterocycles. The quantitative estimate of drug-likeness (QED) is 0.0726. The Balaban J connectivity index is 1.24. The summed E-state index contributed by atoms with van der Waals surface area (Å²) in [6.45, 7) is 0.259. The molecule has 8 N–H and O–H groups in total. The standard InChI is InChI=1S/C33H38N6O8/c1-46-21-11-10-19-15-23(33(45)47-27(19)17-21)31(43)36-14-6-2-3-9-29(41)38-25(12-13-28(34)40)32(44)39-26(30(35)42)16-20-18-37-24-8-5-4-7-22(20)24/h4-5,7-8,10-11,15,17-18,25-26,37H,2-3,6,9,12-14,16H2,1H3,(H2,34,40)(H2,35,42)(H,36,43)(H,38,41)(H,39,44). The van der Waals surface area contributed by atoms with E-state index in [0.717, 1.165) is 16.5 Å². The average molecular weight is 647 g/mol. The molecule has 0 saturated carbocycles. The lowest BCUT2D eigenvalue weighted by molar-refractivity contribution is -0.132. The van der Waals surface area contributed by atoms with Crippen LogP contribution >= 0.6 is 0 Å². The molecule has 0 bridgehead atoms. The van der Waals surface area contributed by atoms with Crippen molar-refractivity contribution in [2.24, 2.45) is 11.5 Å². The van der Waals surface area contributed by atoms with Crippen molar-refractivity contribution in [2.45, 2.75) is 57.0 Å². The Hall–Kier alpha value is -5.66. The van der Waals surface area contributed by atoms with Gasteiger partial charge in [-0.3, -0.25) is 24.0 Å². The fourth-order valence-corrected chi connectivity index (χ4v) is 5.10. The number of aromatic amines is 1. The number of para-hydroxylation sites is 1. The lowest BCUT2D eigenvalue weighted by atomic mass is 10.0. The van der Waals surface area contributed by atoms with Gasteiger partial charge in [-0.15, -0.1) is 0 Å². The third-order valence-corrected chi connectivity index (χ3v) is 7.64. The summed E-state index contributed by atoms with van der Waals surface area (Å²) in [6.07, 6.45) is 3.24. The van der Waals surface area contributed by atoms with Gasteiger partial charge in [0.15, 0.2) is 0 Å². The summed E-state index contributed by atoms with van der Waals surface area (Å²) < 4.78 is 10.4. The highest BCUT2D eigenvalue weighted by molar-refractivity contribution is 5.97. The molecular formula is C33H38N6O8. The summed E-state index contributed by atoms with van der Waals surface area (Å²) >= 11 is 0. The molecule has 2 aromatic heterocycles. The van der Waals surface area contributed by atoms with E-state index >= 15 is 0 Å². The molecular weight excluding hydrogens is 608 g/mol. The number of rotatable bonds is 17. The second-order valence-electron chi connectivity index (χ2n) is 11.1. The van der Waals surface area contributed by atoms with Crippen LogP contribution in [0.25, 0.3) is 21.9 Å². The molecule has 47 heavy (non-hydrogen) atoms. The van der Waals surface area contributed by atoms with Crippen molar-refractivity contribution in [1.29, 1.82) is 0 Å². The Morgan fingerprint density at radius 3 is 2.47 bits per heavy atom. The smallest absolute Gasteiger partial charge is 0.349 e. The zero-order valence-electron chi connectivity index (χ0n) is 25.9. The number of carbonyl (C=O) groups is 5. The number of benzene rings is 2. The van der Waals surface area contributed by atoms with E-state index in [0.29, 0.717) is 36.0 Å². The molecule has 14 heteroatoms. The molecule has 0 aliphatic heterocycles. The molecule has 2 aromatic carbocycles. The van der Waals surface area contributed by atoms with Gasteiger partial charge in [0.1, 0.15) is 29.0 Å². The van der Waals surface area contributed by atoms with Crippen LogP contribution in [0.4, 0.5) is 0 Å². The van der Waals surface area contributed by atoms with E-state index in [4.69, 9.17) is 20.6 Å². The van der Waals surface area contributed by atoms with Crippen LogP contribution in [0.5, 0.6) is 5.75 Å². The molecule has 4 aromatic rings. The summed E-state index contributed by atoms with van der Waals surface area (Å²) in [5.74, 6) is -2.55. The highest BCUT2D eigenvalue weighted by Crippen LogP contribution is 2.21. The molecule has 2 unspecified atom stereocenters. The van der Waals surface area contributed by atoms with E-state index in [1.165, 1.54) is 13.2 Å². The molecule has 14 nitrogen and oxygen atoms in total. The number of carbonyl (C=O) groups excluding carboxylic acids is 5. The molecule has 0 aliphatic rings. The van der Waals surface area contributed by atoms with Crippen molar-refractivity contribution in [3.8, 4) is 5.75 Å². The van der Waals surface area contributed by atoms with Crippen molar-refractivity contribution < 1.29 is 33.1 Å². The summed E-state index contributed by atoms with van der Waals surface area (Å²) in [5.41, 5.74) is 11.9. The highest BCUT2D eigenvalue weighted by atomic mass is 16.5. The number of unbranched alkanes of at least 4 members (excludes halogenated alkanes) is 2. The number of nitrogens with two attached hydrogens (primary N) is 2. The summed E-state index contributed by atoms with van der Waals surface area (Å²) in [7, 11) is 1.49. The maximum atomic E-state index is 13.2. The minimum atomic E-state index is -1.12. The third-order valence-electron chi connectivity index (χ3n) is 7.64. The van der Waals surface area contributed by atoms with Gasteiger partial charge in [0.25, 0.3) is 5.91 Å². The van der Waals surface area contributed by atoms with E-state index in [1.807, 2.05) is 24.3 Å². The molecule has 0 fully saturated rings. The van der Waals surface area contributed by atoms with Crippen molar-refractivity contribution in [3.05, 3.63) is 76.3 Å². The maximum absolute atomic E-state index is 13.2. The van der Waals surface area contributed by atoms with Crippen LogP contribution in [0.1, 0.15) is 54.4 Å². The maximum Gasteiger partial charge on any atom is 0.349 e. The SMILES string of the molecule is COc1ccc2cc(C(=O)NCCCCCC(=O)NC(CCC(N)=O)C(=O)NC(Cc3c[nH]c4ccccc34)C(N)=O)c(=O)oc2c1. The van der Waals surface area contributed by atoms with Crippen molar-refractivity contribution >= 4 is 51.4 Å². The molecule has 0 spiro atoms. The number of amides is 5. The first-order valence-corrected chi connectivity index (χ1v) is 15.2. The number of hydrogen-bond acceptors (Lipinski definition) is 8. The monoisotopic (exact) mass is 646 g/mol. The second kappa shape index (κ2) is 16.1. The third kappa shape index (κ3) is 9.42. The fourth-order valence-electron chi connectivity index (χ4n) is 5.10. The van der Waals surface area contributed by atoms with Crippen LogP contribution in [0.15, 0.2) is 63.9 Å². The van der Waals surface area contributed by atoms with Crippen LogP contribution in [0.3, 0.4) is 0 Å². The highest BCUT2D eigenvalue weighted by Gasteiger charge is 2.27. The van der Waals surface area contributed by atoms with Gasteiger partial charge in [-0.05, 0) is 49.1 Å². The Morgan fingerprint density at radius 1 is 0.936 bits per heavy atom. The number of hydrogen-bond donors (Lipinski definition) is 6. The molecule has 0 aliphatic carbocycles. The number of fused-ring (bicyclic) bond motifs is 2. The Morgan fingerprint density at radius 2 is 1.72 bits per heavy atom.